The van der Waals surface area contributed by atoms with Crippen molar-refractivity contribution in [2.75, 3.05) is 29.9 Å². The van der Waals surface area contributed by atoms with Crippen LogP contribution >= 0.6 is 11.3 Å². The van der Waals surface area contributed by atoms with E-state index in [1.54, 1.807) is 60.8 Å². The van der Waals surface area contributed by atoms with Gasteiger partial charge in [0.2, 0.25) is 0 Å². The van der Waals surface area contributed by atoms with Crippen LogP contribution < -0.4 is 14.4 Å². The number of thiophene rings is 1. The quantitative estimate of drug-likeness (QED) is 0.414. The van der Waals surface area contributed by atoms with Crippen molar-refractivity contribution in [3.05, 3.63) is 70.4 Å². The van der Waals surface area contributed by atoms with Crippen molar-refractivity contribution in [1.29, 1.82) is 0 Å². The third kappa shape index (κ3) is 5.95. The van der Waals surface area contributed by atoms with Gasteiger partial charge in [-0.25, -0.2) is 8.42 Å². The Hall–Kier alpha value is -3.37. The Kier molecular flexibility index (Phi) is 8.30. The number of hydrogen-bond acceptors (Lipinski definition) is 7. The van der Waals surface area contributed by atoms with Crippen LogP contribution in [0.15, 0.2) is 64.9 Å². The minimum atomic E-state index is -3.99. The summed E-state index contributed by atoms with van der Waals surface area (Å²) in [6.07, 6.45) is 0.0725. The Labute approximate surface area is 203 Å². The summed E-state index contributed by atoms with van der Waals surface area (Å²) in [7, 11) is -2.56. The van der Waals surface area contributed by atoms with Gasteiger partial charge in [0.1, 0.15) is 15.5 Å². The molecule has 0 spiro atoms. The molecule has 34 heavy (non-hydrogen) atoms. The van der Waals surface area contributed by atoms with E-state index in [4.69, 9.17) is 9.47 Å². The smallest absolute Gasteiger partial charge is 0.310 e. The van der Waals surface area contributed by atoms with Gasteiger partial charge in [-0.1, -0.05) is 12.1 Å². The fraction of sp³-hybridized carbons (Fsp3) is 0.250. The summed E-state index contributed by atoms with van der Waals surface area (Å²) in [5.74, 6) is -0.283. The Morgan fingerprint density at radius 2 is 1.76 bits per heavy atom. The predicted molar refractivity (Wildman–Crippen MR) is 132 cm³/mol. The van der Waals surface area contributed by atoms with E-state index in [2.05, 4.69) is 5.32 Å². The molecule has 0 aliphatic rings. The van der Waals surface area contributed by atoms with E-state index in [9.17, 15) is 18.0 Å². The average Bonchev–Trinajstić information content (AvgIpc) is 3.31. The molecule has 0 aliphatic carbocycles. The lowest BCUT2D eigenvalue weighted by Gasteiger charge is -2.20. The number of anilines is 2. The summed E-state index contributed by atoms with van der Waals surface area (Å²) in [6, 6.07) is 14.9. The predicted octanol–water partition coefficient (Wildman–Crippen LogP) is 4.33. The standard InChI is InChI=1S/C24H26N2O6S2/c1-4-31-20-11-9-19(10-12-20)26(3)34(29,30)21-13-14-33-23(21)24(28)25-18-8-6-7-17(15-18)16-22(27)32-5-2/h6-15H,4-5,16H2,1-3H3,(H,25,28). The van der Waals surface area contributed by atoms with Gasteiger partial charge in [0.15, 0.2) is 0 Å². The molecule has 10 heteroatoms. The molecule has 0 fully saturated rings. The molecule has 3 rings (SSSR count). The number of nitrogens with one attached hydrogen (secondary N) is 1. The maximum Gasteiger partial charge on any atom is 0.310 e. The zero-order valence-electron chi connectivity index (χ0n) is 19.1. The largest absolute Gasteiger partial charge is 0.494 e. The van der Waals surface area contributed by atoms with Crippen LogP contribution in [0.4, 0.5) is 11.4 Å². The summed E-state index contributed by atoms with van der Waals surface area (Å²) in [5, 5.41) is 4.28. The molecule has 0 radical (unpaired) electrons. The third-order valence-electron chi connectivity index (χ3n) is 4.82. The van der Waals surface area contributed by atoms with Crippen molar-refractivity contribution in [3.8, 4) is 5.75 Å². The van der Waals surface area contributed by atoms with Gasteiger partial charge in [-0.05, 0) is 67.3 Å². The summed E-state index contributed by atoms with van der Waals surface area (Å²) in [5.41, 5.74) is 1.56. The van der Waals surface area contributed by atoms with Crippen molar-refractivity contribution in [2.24, 2.45) is 0 Å². The van der Waals surface area contributed by atoms with Crippen LogP contribution in [0.2, 0.25) is 0 Å². The molecule has 180 valence electrons. The molecule has 8 nitrogen and oxygen atoms in total. The third-order valence-corrected chi connectivity index (χ3v) is 7.69. The normalized spacial score (nSPS) is 11.0. The van der Waals surface area contributed by atoms with Gasteiger partial charge in [-0.3, -0.25) is 13.9 Å². The fourth-order valence-electron chi connectivity index (χ4n) is 3.20. The Bertz CT molecular complexity index is 1250. The highest BCUT2D eigenvalue weighted by atomic mass is 32.2. The van der Waals surface area contributed by atoms with Gasteiger partial charge >= 0.3 is 5.97 Å². The molecule has 1 N–H and O–H groups in total. The lowest BCUT2D eigenvalue weighted by molar-refractivity contribution is -0.142. The summed E-state index contributed by atoms with van der Waals surface area (Å²) < 4.78 is 38.1. The van der Waals surface area contributed by atoms with E-state index in [1.165, 1.54) is 13.1 Å². The van der Waals surface area contributed by atoms with Gasteiger partial charge in [0.05, 0.1) is 25.3 Å². The number of amides is 1. The molecule has 1 amide bonds. The van der Waals surface area contributed by atoms with Crippen molar-refractivity contribution < 1.29 is 27.5 Å². The highest BCUT2D eigenvalue weighted by molar-refractivity contribution is 7.93. The fourth-order valence-corrected chi connectivity index (χ4v) is 5.69. The molecule has 1 aromatic heterocycles. The van der Waals surface area contributed by atoms with E-state index >= 15 is 0 Å². The number of ether oxygens (including phenoxy) is 2. The summed E-state index contributed by atoms with van der Waals surface area (Å²) in [4.78, 5) is 24.7. The zero-order valence-corrected chi connectivity index (χ0v) is 20.7. The Morgan fingerprint density at radius 1 is 1.03 bits per heavy atom. The second-order valence-corrected chi connectivity index (χ2v) is 10.0. The van der Waals surface area contributed by atoms with E-state index < -0.39 is 15.9 Å². The topological polar surface area (TPSA) is 102 Å². The number of esters is 1. The van der Waals surface area contributed by atoms with Gasteiger partial charge < -0.3 is 14.8 Å². The zero-order chi connectivity index (χ0) is 24.7. The van der Waals surface area contributed by atoms with E-state index in [0.717, 1.165) is 15.6 Å². The minimum Gasteiger partial charge on any atom is -0.494 e. The Balaban J connectivity index is 1.79. The molecular formula is C24H26N2O6S2. The second-order valence-electron chi connectivity index (χ2n) is 7.15. The highest BCUT2D eigenvalue weighted by Crippen LogP contribution is 2.29. The molecule has 0 atom stereocenters. The second kappa shape index (κ2) is 11.2. The summed E-state index contributed by atoms with van der Waals surface area (Å²) >= 11 is 1.03. The van der Waals surface area contributed by atoms with Crippen LogP contribution in [0.5, 0.6) is 5.75 Å². The van der Waals surface area contributed by atoms with Crippen LogP contribution in [0.3, 0.4) is 0 Å². The first-order chi connectivity index (χ1) is 16.3. The van der Waals surface area contributed by atoms with Crippen molar-refractivity contribution in [1.82, 2.24) is 0 Å². The lowest BCUT2D eigenvalue weighted by Crippen LogP contribution is -2.28. The van der Waals surface area contributed by atoms with E-state index in [1.807, 2.05) is 6.92 Å². The number of hydrogen-bond donors (Lipinski definition) is 1. The number of benzene rings is 2. The first kappa shape index (κ1) is 25.3. The molecule has 0 saturated carbocycles. The average molecular weight is 503 g/mol. The number of rotatable bonds is 10. The maximum atomic E-state index is 13.3. The number of carbonyl (C=O) groups excluding carboxylic acids is 2. The molecular weight excluding hydrogens is 476 g/mol. The minimum absolute atomic E-state index is 0.0635. The first-order valence-electron chi connectivity index (χ1n) is 10.6. The SMILES string of the molecule is CCOC(=O)Cc1cccc(NC(=O)c2sccc2S(=O)(=O)N(C)c2ccc(OCC)cc2)c1. The molecule has 0 aliphatic heterocycles. The first-order valence-corrected chi connectivity index (χ1v) is 12.9. The molecule has 0 unspecified atom stereocenters. The van der Waals surface area contributed by atoms with Crippen LogP contribution in [0, 0.1) is 0 Å². The number of carbonyl (C=O) groups is 2. The van der Waals surface area contributed by atoms with Crippen molar-refractivity contribution in [2.45, 2.75) is 25.2 Å². The monoisotopic (exact) mass is 502 g/mol. The van der Waals surface area contributed by atoms with E-state index in [0.29, 0.717) is 29.3 Å². The van der Waals surface area contributed by atoms with Crippen LogP contribution in [0.1, 0.15) is 29.1 Å². The molecule has 0 saturated heterocycles. The number of nitrogens with zero attached hydrogens (tertiary/aromatic N) is 1. The maximum absolute atomic E-state index is 13.3. The van der Waals surface area contributed by atoms with Crippen LogP contribution in [-0.2, 0) is 26.0 Å². The van der Waals surface area contributed by atoms with Gasteiger partial charge in [-0.2, -0.15) is 0 Å². The lowest BCUT2D eigenvalue weighted by atomic mass is 10.1. The Morgan fingerprint density at radius 3 is 2.44 bits per heavy atom. The van der Waals surface area contributed by atoms with Gasteiger partial charge in [0.25, 0.3) is 15.9 Å². The molecule has 0 bridgehead atoms. The van der Waals surface area contributed by atoms with Crippen molar-refractivity contribution in [3.63, 3.8) is 0 Å². The number of sulfonamides is 1. The van der Waals surface area contributed by atoms with Crippen LogP contribution in [0.25, 0.3) is 0 Å². The van der Waals surface area contributed by atoms with Gasteiger partial charge in [-0.15, -0.1) is 11.3 Å². The van der Waals surface area contributed by atoms with Gasteiger partial charge in [0, 0.05) is 12.7 Å². The van der Waals surface area contributed by atoms with Crippen molar-refractivity contribution >= 4 is 44.6 Å². The molecule has 3 aromatic rings. The molecule has 2 aromatic carbocycles. The van der Waals surface area contributed by atoms with Crippen LogP contribution in [-0.4, -0.2) is 40.6 Å². The molecule has 1 heterocycles. The summed E-state index contributed by atoms with van der Waals surface area (Å²) in [6.45, 7) is 4.39. The van der Waals surface area contributed by atoms with E-state index in [-0.39, 0.29) is 28.8 Å². The highest BCUT2D eigenvalue weighted by Gasteiger charge is 2.28.